The largest absolute Gasteiger partial charge is 0.456 e. The van der Waals surface area contributed by atoms with Gasteiger partial charge < -0.3 is 18.1 Å². The van der Waals surface area contributed by atoms with Gasteiger partial charge in [-0.15, -0.1) is 0 Å². The molecule has 16 aromatic rings. The average Bonchev–Trinajstić information content (AvgIpc) is 4.31. The van der Waals surface area contributed by atoms with Gasteiger partial charge in [0.15, 0.2) is 17.5 Å². The first-order valence-corrected chi connectivity index (χ1v) is 25.7. The van der Waals surface area contributed by atoms with Crippen molar-refractivity contribution in [3.8, 4) is 62.4 Å². The van der Waals surface area contributed by atoms with Crippen LogP contribution in [0.15, 0.2) is 259 Å². The fourth-order valence-electron chi connectivity index (χ4n) is 11.9. The number of hydrogen-bond donors (Lipinski definition) is 0. The zero-order chi connectivity index (χ0) is 49.8. The van der Waals surface area contributed by atoms with Gasteiger partial charge in [0.25, 0.3) is 0 Å². The molecule has 7 heteroatoms. The SMILES string of the molecule is c1ccc(-c2nc(-c3ccccc3)nc(-c3cc(-c4ccc5c(c4)oc4ccccc45)ccc3-n3c4ccc(-n5c6ccccc6c6ccccc65)cc4c4cc(-n5c6ccccc6c6ccccc65)ccc43)n2)cc1. The molecule has 0 bridgehead atoms. The smallest absolute Gasteiger partial charge is 0.166 e. The van der Waals surface area contributed by atoms with Gasteiger partial charge in [-0.3, -0.25) is 0 Å². The van der Waals surface area contributed by atoms with Gasteiger partial charge in [0.2, 0.25) is 0 Å². The van der Waals surface area contributed by atoms with Crippen LogP contribution in [0, 0.1) is 0 Å². The average molecular weight is 971 g/mol. The number of para-hydroxylation sites is 5. The predicted octanol–water partition coefficient (Wildman–Crippen LogP) is 17.7. The summed E-state index contributed by atoms with van der Waals surface area (Å²) in [6.07, 6.45) is 0. The first-order chi connectivity index (χ1) is 37.7. The second kappa shape index (κ2) is 16.6. The predicted molar refractivity (Wildman–Crippen MR) is 312 cm³/mol. The van der Waals surface area contributed by atoms with E-state index in [0.717, 1.165) is 111 Å². The van der Waals surface area contributed by atoms with Gasteiger partial charge in [0.1, 0.15) is 11.2 Å². The summed E-state index contributed by atoms with van der Waals surface area (Å²) >= 11 is 0. The molecule has 11 aromatic carbocycles. The van der Waals surface area contributed by atoms with Crippen molar-refractivity contribution in [2.75, 3.05) is 0 Å². The molecule has 0 fully saturated rings. The van der Waals surface area contributed by atoms with E-state index in [1.165, 1.54) is 21.5 Å². The molecule has 0 saturated heterocycles. The van der Waals surface area contributed by atoms with Crippen molar-refractivity contribution in [1.82, 2.24) is 28.7 Å². The maximum atomic E-state index is 6.46. The van der Waals surface area contributed by atoms with Crippen LogP contribution in [-0.2, 0) is 0 Å². The molecule has 354 valence electrons. The summed E-state index contributed by atoms with van der Waals surface area (Å²) in [6, 6.07) is 90.6. The molecule has 0 spiro atoms. The van der Waals surface area contributed by atoms with E-state index in [9.17, 15) is 0 Å². The molecule has 0 saturated carbocycles. The van der Waals surface area contributed by atoms with Crippen molar-refractivity contribution in [3.63, 3.8) is 0 Å². The van der Waals surface area contributed by atoms with E-state index in [4.69, 9.17) is 19.4 Å². The quantitative estimate of drug-likeness (QED) is 0.160. The van der Waals surface area contributed by atoms with Gasteiger partial charge in [0, 0.05) is 71.2 Å². The number of hydrogen-bond acceptors (Lipinski definition) is 4. The lowest BCUT2D eigenvalue weighted by Crippen LogP contribution is -2.04. The van der Waals surface area contributed by atoms with Gasteiger partial charge in [-0.2, -0.15) is 0 Å². The van der Waals surface area contributed by atoms with E-state index >= 15 is 0 Å². The van der Waals surface area contributed by atoms with E-state index in [1.807, 2.05) is 48.5 Å². The summed E-state index contributed by atoms with van der Waals surface area (Å²) < 4.78 is 13.7. The molecule has 76 heavy (non-hydrogen) atoms. The fraction of sp³-hybridized carbons (Fsp3) is 0. The van der Waals surface area contributed by atoms with Gasteiger partial charge in [-0.1, -0.05) is 164 Å². The Bertz CT molecular complexity index is 4670. The van der Waals surface area contributed by atoms with Crippen LogP contribution in [0.1, 0.15) is 0 Å². The Morgan fingerprint density at radius 1 is 0.250 bits per heavy atom. The first kappa shape index (κ1) is 42.2. The number of fused-ring (bicyclic) bond motifs is 12. The minimum absolute atomic E-state index is 0.563. The maximum Gasteiger partial charge on any atom is 0.166 e. The standard InChI is InChI=1S/C69H42N6O/c1-3-17-43(18-4-1)67-70-68(44-19-5-2-6-20-44)72-69(71-67)57-39-45(46-31-35-54-53-25-11-16-30-65(53)76-66(54)40-46)32-36-64(57)75-62-37-33-47(73-58-26-12-7-21-49(58)50-22-8-13-27-59(50)73)41-55(62)56-42-48(34-38-63(56)75)74-60-28-14-9-23-51(60)52-24-10-15-29-61(52)74/h1-42H. The maximum absolute atomic E-state index is 6.46. The number of furan rings is 1. The highest BCUT2D eigenvalue weighted by atomic mass is 16.3. The van der Waals surface area contributed by atoms with E-state index < -0.39 is 0 Å². The summed E-state index contributed by atoms with van der Waals surface area (Å²) in [5.74, 6) is 1.75. The summed E-state index contributed by atoms with van der Waals surface area (Å²) in [5, 5.41) is 9.31. The fourth-order valence-corrected chi connectivity index (χ4v) is 11.9. The second-order valence-corrected chi connectivity index (χ2v) is 19.6. The molecule has 0 atom stereocenters. The molecule has 0 unspecified atom stereocenters. The van der Waals surface area contributed by atoms with E-state index in [0.29, 0.717) is 17.5 Å². The minimum atomic E-state index is 0.563. The van der Waals surface area contributed by atoms with Gasteiger partial charge in [-0.05, 0) is 102 Å². The Kier molecular flexibility index (Phi) is 9.20. The molecule has 0 aliphatic rings. The molecular weight excluding hydrogens is 929 g/mol. The number of aromatic nitrogens is 6. The summed E-state index contributed by atoms with van der Waals surface area (Å²) in [7, 11) is 0. The van der Waals surface area contributed by atoms with Crippen LogP contribution in [0.25, 0.3) is 150 Å². The third kappa shape index (κ3) is 6.46. The van der Waals surface area contributed by atoms with Crippen LogP contribution >= 0.6 is 0 Å². The molecule has 5 heterocycles. The third-order valence-electron chi connectivity index (χ3n) is 15.3. The first-order valence-electron chi connectivity index (χ1n) is 25.7. The Hall–Kier alpha value is -10.4. The molecule has 7 nitrogen and oxygen atoms in total. The Labute approximate surface area is 435 Å². The molecular formula is C69H42N6O. The number of rotatable bonds is 7. The van der Waals surface area contributed by atoms with Crippen molar-refractivity contribution >= 4 is 87.4 Å². The Morgan fingerprint density at radius 2 is 0.658 bits per heavy atom. The molecule has 5 aromatic heterocycles. The molecule has 0 amide bonds. The lowest BCUT2D eigenvalue weighted by Gasteiger charge is -2.17. The van der Waals surface area contributed by atoms with Gasteiger partial charge >= 0.3 is 0 Å². The number of nitrogens with zero attached hydrogens (tertiary/aromatic N) is 6. The normalized spacial score (nSPS) is 11.9. The van der Waals surface area contributed by atoms with Gasteiger partial charge in [-0.25, -0.2) is 15.0 Å². The van der Waals surface area contributed by atoms with Crippen molar-refractivity contribution < 1.29 is 4.42 Å². The highest BCUT2D eigenvalue weighted by Gasteiger charge is 2.23. The topological polar surface area (TPSA) is 66.6 Å². The van der Waals surface area contributed by atoms with Crippen molar-refractivity contribution in [2.24, 2.45) is 0 Å². The zero-order valence-electron chi connectivity index (χ0n) is 40.8. The highest BCUT2D eigenvalue weighted by Crippen LogP contribution is 2.43. The summed E-state index contributed by atoms with van der Waals surface area (Å²) in [6.45, 7) is 0. The summed E-state index contributed by atoms with van der Waals surface area (Å²) in [5.41, 5.74) is 16.3. The van der Waals surface area contributed by atoms with E-state index in [1.54, 1.807) is 0 Å². The Balaban J connectivity index is 0.993. The highest BCUT2D eigenvalue weighted by molar-refractivity contribution is 6.14. The monoisotopic (exact) mass is 970 g/mol. The lowest BCUT2D eigenvalue weighted by atomic mass is 9.99. The van der Waals surface area contributed by atoms with Crippen LogP contribution in [0.4, 0.5) is 0 Å². The minimum Gasteiger partial charge on any atom is -0.456 e. The lowest BCUT2D eigenvalue weighted by molar-refractivity contribution is 0.669. The van der Waals surface area contributed by atoms with Crippen LogP contribution in [0.3, 0.4) is 0 Å². The molecule has 0 aliphatic heterocycles. The molecule has 0 N–H and O–H groups in total. The molecule has 0 aliphatic carbocycles. The zero-order valence-corrected chi connectivity index (χ0v) is 40.8. The molecule has 16 rings (SSSR count). The molecule has 0 radical (unpaired) electrons. The van der Waals surface area contributed by atoms with E-state index in [-0.39, 0.29) is 0 Å². The van der Waals surface area contributed by atoms with Crippen LogP contribution in [-0.4, -0.2) is 28.7 Å². The van der Waals surface area contributed by atoms with Crippen molar-refractivity contribution in [2.45, 2.75) is 0 Å². The Morgan fingerprint density at radius 3 is 1.18 bits per heavy atom. The van der Waals surface area contributed by atoms with E-state index in [2.05, 4.69) is 220 Å². The van der Waals surface area contributed by atoms with Gasteiger partial charge in [0.05, 0.1) is 38.8 Å². The van der Waals surface area contributed by atoms with Crippen molar-refractivity contribution in [1.29, 1.82) is 0 Å². The van der Waals surface area contributed by atoms with Crippen LogP contribution in [0.2, 0.25) is 0 Å². The van der Waals surface area contributed by atoms with Crippen LogP contribution in [0.5, 0.6) is 0 Å². The third-order valence-corrected chi connectivity index (χ3v) is 15.3. The summed E-state index contributed by atoms with van der Waals surface area (Å²) in [4.78, 5) is 15.9. The van der Waals surface area contributed by atoms with Crippen molar-refractivity contribution in [3.05, 3.63) is 255 Å². The number of benzene rings is 11. The van der Waals surface area contributed by atoms with Crippen LogP contribution < -0.4 is 0 Å². The second-order valence-electron chi connectivity index (χ2n) is 19.6.